The maximum Gasteiger partial charge on any atom is 0.261 e. The molecule has 4 rings (SSSR count). The highest BCUT2D eigenvalue weighted by Gasteiger charge is 2.17. The number of thiophene rings is 1. The number of fused-ring (bicyclic) bond motifs is 1. The molecule has 0 spiro atoms. The first-order chi connectivity index (χ1) is 13.4. The van der Waals surface area contributed by atoms with Crippen LogP contribution in [0.5, 0.6) is 0 Å². The molecule has 144 valence electrons. The molecule has 3 aromatic heterocycles. The van der Waals surface area contributed by atoms with Crippen LogP contribution in [-0.4, -0.2) is 30.5 Å². The zero-order valence-electron chi connectivity index (χ0n) is 15.2. The molecule has 0 radical (unpaired) electrons. The Kier molecular flexibility index (Phi) is 5.05. The van der Waals surface area contributed by atoms with Crippen molar-refractivity contribution in [2.24, 2.45) is 7.05 Å². The third-order valence-corrected chi connectivity index (χ3v) is 6.37. The first-order valence-corrected chi connectivity index (χ1v) is 10.1. The molecule has 0 atom stereocenters. The van der Waals surface area contributed by atoms with E-state index >= 15 is 0 Å². The fourth-order valence-corrected chi connectivity index (χ4v) is 4.33. The predicted molar refractivity (Wildman–Crippen MR) is 112 cm³/mol. The third kappa shape index (κ3) is 3.48. The summed E-state index contributed by atoms with van der Waals surface area (Å²) in [6, 6.07) is 9.57. The van der Waals surface area contributed by atoms with Gasteiger partial charge in [0.15, 0.2) is 10.6 Å². The molecule has 0 bridgehead atoms. The zero-order chi connectivity index (χ0) is 19.8. The summed E-state index contributed by atoms with van der Waals surface area (Å²) in [7, 11) is 1.80. The number of amides is 1. The summed E-state index contributed by atoms with van der Waals surface area (Å²) < 4.78 is 4.14. The highest BCUT2D eigenvalue weighted by molar-refractivity contribution is 7.71. The second-order valence-corrected chi connectivity index (χ2v) is 8.18. The first kappa shape index (κ1) is 18.9. The van der Waals surface area contributed by atoms with E-state index in [2.05, 4.69) is 20.6 Å². The van der Waals surface area contributed by atoms with E-state index < -0.39 is 0 Å². The minimum absolute atomic E-state index is 0.154. The molecular weight excluding hydrogens is 416 g/mol. The molecule has 4 aromatic rings. The summed E-state index contributed by atoms with van der Waals surface area (Å²) in [5, 5.41) is 16.0. The van der Waals surface area contributed by atoms with Crippen molar-refractivity contribution in [3.63, 3.8) is 0 Å². The van der Waals surface area contributed by atoms with Crippen molar-refractivity contribution in [3.8, 4) is 0 Å². The molecule has 0 saturated heterocycles. The molecule has 2 N–H and O–H groups in total. The van der Waals surface area contributed by atoms with Crippen molar-refractivity contribution >= 4 is 51.3 Å². The van der Waals surface area contributed by atoms with Crippen LogP contribution < -0.4 is 5.32 Å². The normalized spacial score (nSPS) is 11.2. The second-order valence-electron chi connectivity index (χ2n) is 6.35. The lowest BCUT2D eigenvalue weighted by molar-refractivity contribution is 0.0953. The molecule has 7 nitrogen and oxygen atoms in total. The van der Waals surface area contributed by atoms with Crippen LogP contribution in [0.25, 0.3) is 10.2 Å². The Morgan fingerprint density at radius 2 is 2.18 bits per heavy atom. The fourth-order valence-electron chi connectivity index (χ4n) is 2.90. The molecule has 0 aliphatic heterocycles. The van der Waals surface area contributed by atoms with Crippen molar-refractivity contribution in [3.05, 3.63) is 62.1 Å². The van der Waals surface area contributed by atoms with E-state index in [0.717, 1.165) is 21.5 Å². The van der Waals surface area contributed by atoms with E-state index in [0.29, 0.717) is 33.6 Å². The fraction of sp³-hybridized carbons (Fsp3) is 0.222. The van der Waals surface area contributed by atoms with Gasteiger partial charge in [-0.3, -0.25) is 14.6 Å². The van der Waals surface area contributed by atoms with Crippen LogP contribution in [0.4, 0.5) is 0 Å². The lowest BCUT2D eigenvalue weighted by atomic mass is 10.2. The van der Waals surface area contributed by atoms with E-state index in [4.69, 9.17) is 23.8 Å². The van der Waals surface area contributed by atoms with Gasteiger partial charge in [-0.2, -0.15) is 10.2 Å². The number of hydrogen-bond acceptors (Lipinski definition) is 5. The maximum absolute atomic E-state index is 12.6. The highest BCUT2D eigenvalue weighted by atomic mass is 35.5. The zero-order valence-corrected chi connectivity index (χ0v) is 17.6. The van der Waals surface area contributed by atoms with Crippen LogP contribution in [0.1, 0.15) is 26.8 Å². The van der Waals surface area contributed by atoms with Crippen LogP contribution in [0.2, 0.25) is 5.02 Å². The molecule has 0 unspecified atom stereocenters. The lowest BCUT2D eigenvalue weighted by Crippen LogP contribution is -2.23. The van der Waals surface area contributed by atoms with Crippen LogP contribution in [0.15, 0.2) is 30.3 Å². The Morgan fingerprint density at radius 3 is 2.89 bits per heavy atom. The number of aromatic amines is 1. The van der Waals surface area contributed by atoms with Crippen LogP contribution in [-0.2, 0) is 20.1 Å². The number of benzene rings is 1. The number of aromatic nitrogens is 5. The average Bonchev–Trinajstić information content (AvgIpc) is 3.33. The minimum Gasteiger partial charge on any atom is -0.344 e. The van der Waals surface area contributed by atoms with Crippen LogP contribution >= 0.6 is 35.2 Å². The molecule has 1 amide bonds. The van der Waals surface area contributed by atoms with Gasteiger partial charge >= 0.3 is 0 Å². The molecule has 28 heavy (non-hydrogen) atoms. The first-order valence-electron chi connectivity index (χ1n) is 8.53. The van der Waals surface area contributed by atoms with Gasteiger partial charge in [0.1, 0.15) is 4.83 Å². The van der Waals surface area contributed by atoms with Crippen molar-refractivity contribution in [2.45, 2.75) is 20.0 Å². The van der Waals surface area contributed by atoms with E-state index in [1.54, 1.807) is 11.6 Å². The summed E-state index contributed by atoms with van der Waals surface area (Å²) in [4.78, 5) is 14.2. The van der Waals surface area contributed by atoms with Gasteiger partial charge < -0.3 is 9.88 Å². The van der Waals surface area contributed by atoms with Gasteiger partial charge in [-0.15, -0.1) is 11.3 Å². The van der Waals surface area contributed by atoms with E-state index in [-0.39, 0.29) is 5.91 Å². The lowest BCUT2D eigenvalue weighted by Gasteiger charge is -2.05. The summed E-state index contributed by atoms with van der Waals surface area (Å²) in [6.45, 7) is 2.78. The number of carbonyl (C=O) groups excluding carboxylic acids is 1. The molecule has 0 aliphatic rings. The van der Waals surface area contributed by atoms with Crippen molar-refractivity contribution in [1.82, 2.24) is 29.9 Å². The number of carbonyl (C=O) groups is 1. The number of nitrogens with zero attached hydrogens (tertiary/aromatic N) is 4. The number of halogens is 1. The standard InChI is InChI=1S/C18H17ClN6OS2/c1-10-12-7-14(16(26)20-8-15-21-22-18(27)24(15)2)28-17(12)25(23-10)9-11-5-3-4-6-13(11)19/h3-7H,8-9H2,1-2H3,(H,20,26)(H,22,27). The van der Waals surface area contributed by atoms with Gasteiger partial charge in [0.2, 0.25) is 0 Å². The summed E-state index contributed by atoms with van der Waals surface area (Å²) in [5.74, 6) is 0.513. The molecule has 1 aromatic carbocycles. The molecule has 0 fully saturated rings. The second kappa shape index (κ2) is 7.50. The van der Waals surface area contributed by atoms with Crippen molar-refractivity contribution in [1.29, 1.82) is 0 Å². The van der Waals surface area contributed by atoms with Gasteiger partial charge in [0.25, 0.3) is 5.91 Å². The van der Waals surface area contributed by atoms with Crippen molar-refractivity contribution in [2.75, 3.05) is 0 Å². The number of H-pyrrole nitrogens is 1. The highest BCUT2D eigenvalue weighted by Crippen LogP contribution is 2.29. The van der Waals surface area contributed by atoms with Crippen LogP contribution in [0.3, 0.4) is 0 Å². The molecule has 0 aliphatic carbocycles. The van der Waals surface area contributed by atoms with E-state index in [1.165, 1.54) is 11.3 Å². The Bertz CT molecular complexity index is 1230. The Morgan fingerprint density at radius 1 is 1.39 bits per heavy atom. The molecular formula is C18H17ClN6OS2. The predicted octanol–water partition coefficient (Wildman–Crippen LogP) is 3.83. The summed E-state index contributed by atoms with van der Waals surface area (Å²) >= 11 is 12.8. The third-order valence-electron chi connectivity index (χ3n) is 4.49. The smallest absolute Gasteiger partial charge is 0.261 e. The van der Waals surface area contributed by atoms with E-state index in [9.17, 15) is 4.79 Å². The number of hydrogen-bond donors (Lipinski definition) is 2. The van der Waals surface area contributed by atoms with Crippen LogP contribution in [0, 0.1) is 11.7 Å². The largest absolute Gasteiger partial charge is 0.344 e. The monoisotopic (exact) mass is 432 g/mol. The minimum atomic E-state index is -0.154. The summed E-state index contributed by atoms with van der Waals surface area (Å²) in [5.41, 5.74) is 1.87. The maximum atomic E-state index is 12.6. The molecule has 10 heteroatoms. The van der Waals surface area contributed by atoms with Gasteiger partial charge in [-0.05, 0) is 36.8 Å². The van der Waals surface area contributed by atoms with Gasteiger partial charge in [-0.1, -0.05) is 29.8 Å². The quantitative estimate of drug-likeness (QED) is 0.469. The number of aryl methyl sites for hydroxylation is 1. The van der Waals surface area contributed by atoms with Gasteiger partial charge in [-0.25, -0.2) is 0 Å². The summed E-state index contributed by atoms with van der Waals surface area (Å²) in [6.07, 6.45) is 0. The topological polar surface area (TPSA) is 80.5 Å². The average molecular weight is 433 g/mol. The Labute approximate surface area is 174 Å². The number of nitrogens with one attached hydrogen (secondary N) is 2. The Balaban J connectivity index is 1.57. The van der Waals surface area contributed by atoms with Gasteiger partial charge in [0, 0.05) is 17.5 Å². The molecule has 0 saturated carbocycles. The van der Waals surface area contributed by atoms with Gasteiger partial charge in [0.05, 0.1) is 23.7 Å². The van der Waals surface area contributed by atoms with E-state index in [1.807, 2.05) is 41.9 Å². The molecule has 3 heterocycles. The Hall–Kier alpha value is -2.49. The SMILES string of the molecule is Cc1nn(Cc2ccccc2Cl)c2sc(C(=O)NCc3n[nH]c(=S)n3C)cc12. The van der Waals surface area contributed by atoms with Crippen molar-refractivity contribution < 1.29 is 4.79 Å². The number of rotatable bonds is 5.